The van der Waals surface area contributed by atoms with Crippen LogP contribution in [0.5, 0.6) is 11.5 Å². The number of methoxy groups -OCH3 is 2. The van der Waals surface area contributed by atoms with Crippen LogP contribution < -0.4 is 9.47 Å². The first kappa shape index (κ1) is 12.4. The second kappa shape index (κ2) is 5.51. The number of hydrogen-bond acceptors (Lipinski definition) is 4. The van der Waals surface area contributed by atoms with Crippen LogP contribution in [0.3, 0.4) is 0 Å². The molecule has 0 radical (unpaired) electrons. The van der Waals surface area contributed by atoms with Crippen molar-refractivity contribution >= 4 is 0 Å². The molecule has 0 saturated carbocycles. The number of nitrogens with zero attached hydrogens (tertiary/aromatic N) is 1. The molecule has 1 aromatic carbocycles. The van der Waals surface area contributed by atoms with E-state index in [1.165, 1.54) is 0 Å². The molecule has 4 nitrogen and oxygen atoms in total. The van der Waals surface area contributed by atoms with E-state index in [0.29, 0.717) is 17.1 Å². The van der Waals surface area contributed by atoms with Gasteiger partial charge >= 0.3 is 0 Å². The molecule has 18 heavy (non-hydrogen) atoms. The van der Waals surface area contributed by atoms with Crippen LogP contribution in [0.25, 0.3) is 0 Å². The standard InChI is InChI=1S/C14H15NO3/c1-17-11-3-4-12(13(9-11)18-2)14(16)10-5-7-15-8-6-10/h3-9,14,16H,1-2H3. The quantitative estimate of drug-likeness (QED) is 0.897. The average Bonchev–Trinajstić information content (AvgIpc) is 2.46. The van der Waals surface area contributed by atoms with Gasteiger partial charge in [-0.2, -0.15) is 0 Å². The Bertz CT molecular complexity index is 514. The Morgan fingerprint density at radius 1 is 1.06 bits per heavy atom. The molecule has 1 aromatic heterocycles. The monoisotopic (exact) mass is 245 g/mol. The van der Waals surface area contributed by atoms with Gasteiger partial charge in [-0.1, -0.05) is 0 Å². The summed E-state index contributed by atoms with van der Waals surface area (Å²) in [5.41, 5.74) is 1.47. The van der Waals surface area contributed by atoms with E-state index in [2.05, 4.69) is 4.98 Å². The molecule has 1 unspecified atom stereocenters. The number of benzene rings is 1. The summed E-state index contributed by atoms with van der Waals surface area (Å²) < 4.78 is 10.4. The first-order valence-corrected chi connectivity index (χ1v) is 5.56. The predicted octanol–water partition coefficient (Wildman–Crippen LogP) is 2.18. The summed E-state index contributed by atoms with van der Waals surface area (Å²) in [7, 11) is 3.16. The molecule has 1 atom stereocenters. The van der Waals surface area contributed by atoms with Crippen molar-refractivity contribution in [3.05, 3.63) is 53.9 Å². The third-order valence-corrected chi connectivity index (χ3v) is 2.76. The molecule has 2 aromatic rings. The minimum atomic E-state index is -0.742. The predicted molar refractivity (Wildman–Crippen MR) is 67.8 cm³/mol. The Morgan fingerprint density at radius 3 is 2.39 bits per heavy atom. The van der Waals surface area contributed by atoms with Crippen LogP contribution in [0.4, 0.5) is 0 Å². The molecule has 0 bridgehead atoms. The van der Waals surface area contributed by atoms with Gasteiger partial charge in [-0.25, -0.2) is 0 Å². The molecule has 0 fully saturated rings. The van der Waals surface area contributed by atoms with Gasteiger partial charge in [0.1, 0.15) is 17.6 Å². The normalized spacial score (nSPS) is 11.9. The molecule has 0 aliphatic rings. The van der Waals surface area contributed by atoms with E-state index in [0.717, 1.165) is 5.56 Å². The number of rotatable bonds is 4. The molecule has 94 valence electrons. The van der Waals surface area contributed by atoms with E-state index in [9.17, 15) is 5.11 Å². The third kappa shape index (κ3) is 2.43. The highest BCUT2D eigenvalue weighted by Crippen LogP contribution is 2.32. The number of ether oxygens (including phenoxy) is 2. The lowest BCUT2D eigenvalue weighted by molar-refractivity contribution is 0.214. The zero-order valence-corrected chi connectivity index (χ0v) is 10.3. The smallest absolute Gasteiger partial charge is 0.128 e. The van der Waals surface area contributed by atoms with E-state index in [1.54, 1.807) is 56.9 Å². The first-order chi connectivity index (χ1) is 8.76. The lowest BCUT2D eigenvalue weighted by Crippen LogP contribution is -2.02. The lowest BCUT2D eigenvalue weighted by Gasteiger charge is -2.15. The Labute approximate surface area is 106 Å². The van der Waals surface area contributed by atoms with Crippen molar-refractivity contribution in [2.75, 3.05) is 14.2 Å². The van der Waals surface area contributed by atoms with Gasteiger partial charge in [0.15, 0.2) is 0 Å². The van der Waals surface area contributed by atoms with Gasteiger partial charge in [0.05, 0.1) is 14.2 Å². The van der Waals surface area contributed by atoms with E-state index in [4.69, 9.17) is 9.47 Å². The minimum absolute atomic E-state index is 0.596. The molecule has 0 aliphatic heterocycles. The van der Waals surface area contributed by atoms with Gasteiger partial charge in [0.2, 0.25) is 0 Å². The van der Waals surface area contributed by atoms with Crippen molar-refractivity contribution in [1.82, 2.24) is 4.98 Å². The third-order valence-electron chi connectivity index (χ3n) is 2.76. The van der Waals surface area contributed by atoms with Crippen molar-refractivity contribution in [3.8, 4) is 11.5 Å². The Morgan fingerprint density at radius 2 is 1.78 bits per heavy atom. The maximum absolute atomic E-state index is 10.3. The van der Waals surface area contributed by atoms with Gasteiger partial charge in [-0.15, -0.1) is 0 Å². The SMILES string of the molecule is COc1ccc(C(O)c2ccncc2)c(OC)c1. The molecule has 1 N–H and O–H groups in total. The molecule has 0 saturated heterocycles. The molecule has 0 spiro atoms. The molecule has 2 rings (SSSR count). The van der Waals surface area contributed by atoms with Gasteiger partial charge in [-0.3, -0.25) is 4.98 Å². The van der Waals surface area contributed by atoms with Crippen LogP contribution in [-0.2, 0) is 0 Å². The van der Waals surface area contributed by atoms with Crippen LogP contribution >= 0.6 is 0 Å². The van der Waals surface area contributed by atoms with Crippen molar-refractivity contribution in [3.63, 3.8) is 0 Å². The highest BCUT2D eigenvalue weighted by molar-refractivity contribution is 5.44. The van der Waals surface area contributed by atoms with E-state index in [-0.39, 0.29) is 0 Å². The Kier molecular flexibility index (Phi) is 3.79. The highest BCUT2D eigenvalue weighted by atomic mass is 16.5. The van der Waals surface area contributed by atoms with Crippen LogP contribution in [0.15, 0.2) is 42.7 Å². The summed E-state index contributed by atoms with van der Waals surface area (Å²) in [6, 6.07) is 8.88. The number of aliphatic hydroxyl groups excluding tert-OH is 1. The molecular formula is C14H15NO3. The lowest BCUT2D eigenvalue weighted by atomic mass is 10.0. The number of aliphatic hydroxyl groups is 1. The zero-order chi connectivity index (χ0) is 13.0. The van der Waals surface area contributed by atoms with Gasteiger partial charge in [0.25, 0.3) is 0 Å². The topological polar surface area (TPSA) is 51.6 Å². The summed E-state index contributed by atoms with van der Waals surface area (Å²) >= 11 is 0. The Hall–Kier alpha value is -2.07. The molecule has 0 aliphatic carbocycles. The fraction of sp³-hybridized carbons (Fsp3) is 0.214. The van der Waals surface area contributed by atoms with Crippen LogP contribution in [0.1, 0.15) is 17.2 Å². The maximum Gasteiger partial charge on any atom is 0.128 e. The van der Waals surface area contributed by atoms with Gasteiger partial charge in [-0.05, 0) is 29.8 Å². The summed E-state index contributed by atoms with van der Waals surface area (Å²) in [5, 5.41) is 10.3. The average molecular weight is 245 g/mol. The van der Waals surface area contributed by atoms with Gasteiger partial charge < -0.3 is 14.6 Å². The van der Waals surface area contributed by atoms with Crippen LogP contribution in [0, 0.1) is 0 Å². The van der Waals surface area contributed by atoms with Crippen molar-refractivity contribution < 1.29 is 14.6 Å². The Balaban J connectivity index is 2.38. The molecule has 4 heteroatoms. The van der Waals surface area contributed by atoms with E-state index >= 15 is 0 Å². The van der Waals surface area contributed by atoms with Crippen molar-refractivity contribution in [1.29, 1.82) is 0 Å². The van der Waals surface area contributed by atoms with E-state index in [1.807, 2.05) is 0 Å². The fourth-order valence-corrected chi connectivity index (χ4v) is 1.77. The minimum Gasteiger partial charge on any atom is -0.497 e. The summed E-state index contributed by atoms with van der Waals surface area (Å²) in [5.74, 6) is 1.29. The largest absolute Gasteiger partial charge is 0.497 e. The second-order valence-electron chi connectivity index (χ2n) is 3.79. The van der Waals surface area contributed by atoms with Crippen LogP contribution in [-0.4, -0.2) is 24.3 Å². The number of pyridine rings is 1. The maximum atomic E-state index is 10.3. The van der Waals surface area contributed by atoms with Gasteiger partial charge in [0, 0.05) is 24.0 Å². The first-order valence-electron chi connectivity index (χ1n) is 5.56. The molecular weight excluding hydrogens is 230 g/mol. The molecule has 1 heterocycles. The summed E-state index contributed by atoms with van der Waals surface area (Å²) in [6.07, 6.45) is 2.55. The molecule has 0 amide bonds. The van der Waals surface area contributed by atoms with Crippen LogP contribution in [0.2, 0.25) is 0 Å². The summed E-state index contributed by atoms with van der Waals surface area (Å²) in [4.78, 5) is 3.93. The summed E-state index contributed by atoms with van der Waals surface area (Å²) in [6.45, 7) is 0. The second-order valence-corrected chi connectivity index (χ2v) is 3.79. The van der Waals surface area contributed by atoms with E-state index < -0.39 is 6.10 Å². The van der Waals surface area contributed by atoms with Crippen molar-refractivity contribution in [2.45, 2.75) is 6.10 Å². The fourth-order valence-electron chi connectivity index (χ4n) is 1.77. The number of aromatic nitrogens is 1. The number of hydrogen-bond donors (Lipinski definition) is 1. The zero-order valence-electron chi connectivity index (χ0n) is 10.3. The highest BCUT2D eigenvalue weighted by Gasteiger charge is 2.15. The van der Waals surface area contributed by atoms with Crippen molar-refractivity contribution in [2.24, 2.45) is 0 Å².